The van der Waals surface area contributed by atoms with E-state index in [-0.39, 0.29) is 37.5 Å². The number of carbonyl (C=O) groups is 2. The van der Waals surface area contributed by atoms with Gasteiger partial charge in [0.15, 0.2) is 5.72 Å². The number of halogens is 1. The van der Waals surface area contributed by atoms with Crippen LogP contribution in [0.2, 0.25) is 5.02 Å². The predicted octanol–water partition coefficient (Wildman–Crippen LogP) is 4.13. The Kier molecular flexibility index (Phi) is 9.52. The number of rotatable bonds is 2. The molecule has 0 unspecified atom stereocenters. The van der Waals surface area contributed by atoms with Crippen molar-refractivity contribution in [3.05, 3.63) is 46.5 Å². The van der Waals surface area contributed by atoms with E-state index in [1.807, 2.05) is 32.1 Å². The van der Waals surface area contributed by atoms with Crippen LogP contribution in [0.25, 0.3) is 0 Å². The molecule has 5 atom stereocenters. The Morgan fingerprint density at radius 1 is 1.21 bits per heavy atom. The quantitative estimate of drug-likeness (QED) is 0.507. The Morgan fingerprint density at radius 2 is 1.92 bits per heavy atom. The molecule has 0 aromatic heterocycles. The number of methoxy groups -OCH3 is 2. The molecular formula is C28H39ClN2O7. The van der Waals surface area contributed by atoms with Gasteiger partial charge in [-0.15, -0.1) is 0 Å². The van der Waals surface area contributed by atoms with Crippen LogP contribution in [0, 0.1) is 5.92 Å². The summed E-state index contributed by atoms with van der Waals surface area (Å²) < 4.78 is 16.5. The molecule has 2 aliphatic rings. The normalized spacial score (nSPS) is 33.6. The number of amides is 2. The summed E-state index contributed by atoms with van der Waals surface area (Å²) >= 11 is 6.57. The van der Waals surface area contributed by atoms with E-state index < -0.39 is 29.6 Å². The van der Waals surface area contributed by atoms with Crippen molar-refractivity contribution in [1.82, 2.24) is 5.32 Å². The van der Waals surface area contributed by atoms with Gasteiger partial charge in [0.1, 0.15) is 23.0 Å². The molecule has 3 N–H and O–H groups in total. The van der Waals surface area contributed by atoms with Crippen molar-refractivity contribution in [1.29, 1.82) is 0 Å². The third kappa shape index (κ3) is 7.08. The second kappa shape index (κ2) is 12.1. The zero-order chi connectivity index (χ0) is 28.3. The monoisotopic (exact) mass is 550 g/mol. The topological polar surface area (TPSA) is 118 Å². The molecule has 1 fully saturated rings. The largest absolute Gasteiger partial charge is 0.495 e. The molecule has 0 saturated carbocycles. The van der Waals surface area contributed by atoms with E-state index >= 15 is 0 Å². The summed E-state index contributed by atoms with van der Waals surface area (Å²) in [7, 11) is 4.63. The Labute approximate surface area is 229 Å². The summed E-state index contributed by atoms with van der Waals surface area (Å²) in [5.74, 6) is -0.0622. The molecule has 1 aromatic rings. The summed E-state index contributed by atoms with van der Waals surface area (Å²) in [6.45, 7) is 5.45. The van der Waals surface area contributed by atoms with Crippen molar-refractivity contribution < 1.29 is 34.0 Å². The second-order valence-electron chi connectivity index (χ2n) is 10.7. The van der Waals surface area contributed by atoms with E-state index in [9.17, 15) is 19.8 Å². The third-order valence-corrected chi connectivity index (χ3v) is 7.65. The molecule has 2 amide bonds. The van der Waals surface area contributed by atoms with Crippen molar-refractivity contribution in [3.63, 3.8) is 0 Å². The Balaban J connectivity index is 2.03. The lowest BCUT2D eigenvalue weighted by molar-refractivity contribution is -0.145. The highest BCUT2D eigenvalue weighted by Crippen LogP contribution is 2.37. The first kappa shape index (κ1) is 30.0. The average Bonchev–Trinajstić information content (AvgIpc) is 2.84. The molecular weight excluding hydrogens is 512 g/mol. The van der Waals surface area contributed by atoms with Gasteiger partial charge >= 0.3 is 6.09 Å². The lowest BCUT2D eigenvalue weighted by Gasteiger charge is -2.43. The molecule has 2 heterocycles. The summed E-state index contributed by atoms with van der Waals surface area (Å²) in [5, 5.41) is 25.3. The van der Waals surface area contributed by atoms with Gasteiger partial charge in [0.05, 0.1) is 18.4 Å². The lowest BCUT2D eigenvalue weighted by Crippen LogP contribution is -2.63. The van der Waals surface area contributed by atoms with Crippen LogP contribution in [0.15, 0.2) is 35.9 Å². The maximum absolute atomic E-state index is 13.1. The third-order valence-electron chi connectivity index (χ3n) is 7.27. The van der Waals surface area contributed by atoms with Gasteiger partial charge in [0.25, 0.3) is 0 Å². The van der Waals surface area contributed by atoms with Crippen molar-refractivity contribution in [2.45, 2.75) is 76.4 Å². The number of carbonyl (C=O) groups excluding carboxylic acids is 2. The number of nitrogens with zero attached hydrogens (tertiary/aromatic N) is 1. The molecule has 210 valence electrons. The maximum atomic E-state index is 13.1. The second-order valence-corrected chi connectivity index (χ2v) is 11.1. The van der Waals surface area contributed by atoms with Gasteiger partial charge in [-0.25, -0.2) is 4.79 Å². The number of allylic oxidation sites excluding steroid dienone is 3. The number of hydrogen-bond donors (Lipinski definition) is 3. The van der Waals surface area contributed by atoms with Crippen molar-refractivity contribution in [2.75, 3.05) is 26.2 Å². The first-order valence-corrected chi connectivity index (χ1v) is 13.1. The lowest BCUT2D eigenvalue weighted by atomic mass is 9.82. The number of benzene rings is 1. The fourth-order valence-electron chi connectivity index (χ4n) is 5.12. The van der Waals surface area contributed by atoms with Gasteiger partial charge in [-0.1, -0.05) is 42.3 Å². The van der Waals surface area contributed by atoms with Crippen LogP contribution < -0.4 is 15.0 Å². The molecule has 4 bridgehead atoms. The summed E-state index contributed by atoms with van der Waals surface area (Å²) in [5.41, 5.74) is -0.521. The minimum absolute atomic E-state index is 0.0628. The number of nitrogens with one attached hydrogen (secondary N) is 1. The van der Waals surface area contributed by atoms with Gasteiger partial charge < -0.3 is 29.3 Å². The summed E-state index contributed by atoms with van der Waals surface area (Å²) in [4.78, 5) is 27.0. The Bertz CT molecular complexity index is 1100. The van der Waals surface area contributed by atoms with E-state index in [1.165, 1.54) is 19.1 Å². The number of hydrogen-bond acceptors (Lipinski definition) is 7. The van der Waals surface area contributed by atoms with Crippen molar-refractivity contribution in [2.24, 2.45) is 5.92 Å². The molecule has 0 radical (unpaired) electrons. The van der Waals surface area contributed by atoms with Crippen molar-refractivity contribution >= 4 is 29.3 Å². The van der Waals surface area contributed by atoms with Gasteiger partial charge in [0, 0.05) is 27.0 Å². The molecule has 38 heavy (non-hydrogen) atoms. The van der Waals surface area contributed by atoms with E-state index in [0.29, 0.717) is 22.9 Å². The maximum Gasteiger partial charge on any atom is 0.409 e. The highest BCUT2D eigenvalue weighted by molar-refractivity contribution is 6.35. The molecule has 0 aliphatic carbocycles. The predicted molar refractivity (Wildman–Crippen MR) is 145 cm³/mol. The summed E-state index contributed by atoms with van der Waals surface area (Å²) in [6.07, 6.45) is 4.18. The van der Waals surface area contributed by atoms with E-state index in [1.54, 1.807) is 26.1 Å². The first-order valence-electron chi connectivity index (χ1n) is 12.7. The first-order chi connectivity index (χ1) is 17.8. The number of alkyl carbamates (subject to hydrolysis) is 1. The van der Waals surface area contributed by atoms with E-state index in [4.69, 9.17) is 25.8 Å². The van der Waals surface area contributed by atoms with Crippen LogP contribution in [0.4, 0.5) is 10.5 Å². The van der Waals surface area contributed by atoms with Crippen LogP contribution >= 0.6 is 11.6 Å². The van der Waals surface area contributed by atoms with Crippen LogP contribution in [0.5, 0.6) is 5.75 Å². The smallest absolute Gasteiger partial charge is 0.409 e. The highest BCUT2D eigenvalue weighted by atomic mass is 35.5. The average molecular weight is 551 g/mol. The van der Waals surface area contributed by atoms with Crippen molar-refractivity contribution in [3.8, 4) is 5.75 Å². The van der Waals surface area contributed by atoms with Crippen LogP contribution in [-0.2, 0) is 20.7 Å². The number of fused-ring (bicyclic) bond motifs is 4. The van der Waals surface area contributed by atoms with Crippen LogP contribution in [0.3, 0.4) is 0 Å². The zero-order valence-corrected chi connectivity index (χ0v) is 23.7. The van der Waals surface area contributed by atoms with Gasteiger partial charge in [0.2, 0.25) is 5.91 Å². The Morgan fingerprint density at radius 3 is 2.58 bits per heavy atom. The molecule has 3 rings (SSSR count). The van der Waals surface area contributed by atoms with Gasteiger partial charge in [-0.2, -0.15) is 0 Å². The van der Waals surface area contributed by atoms with Gasteiger partial charge in [-0.3, -0.25) is 10.1 Å². The van der Waals surface area contributed by atoms with Crippen LogP contribution in [0.1, 0.15) is 52.0 Å². The minimum atomic E-state index is -1.70. The fourth-order valence-corrected chi connectivity index (χ4v) is 5.43. The summed E-state index contributed by atoms with van der Waals surface area (Å²) in [6, 6.07) is 3.69. The number of aliphatic hydroxyl groups is 2. The SMILES string of the molecule is COc1cc2cc(c1Cl)N(C)C(=O)CC[C@](C)(O)C[C@H](C)[C@@H]1C[C@@](O)(NC(=O)O1)[C@H](OC)/C=C/C=C(\C)C2. The standard InChI is InChI=1S/C28H39ClN2O7/c1-17-8-7-9-23(37-6)28(35)16-22(38-26(33)30-28)18(2)15-27(3,34)11-10-24(32)31(4)20-13-19(12-17)14-21(36-5)25(20)29/h7-9,13-14,18,22-23,34-35H,10-12,15-16H2,1-6H3,(H,30,33)/b9-7+,17-8+/t18-,22-,23+,27-,28-/m0/s1. The fraction of sp³-hybridized carbons (Fsp3) is 0.571. The minimum Gasteiger partial charge on any atom is -0.495 e. The number of anilines is 1. The number of ether oxygens (including phenoxy) is 3. The Hall–Kier alpha value is -2.59. The molecule has 2 aliphatic heterocycles. The van der Waals surface area contributed by atoms with E-state index in [2.05, 4.69) is 5.32 Å². The molecule has 10 heteroatoms. The van der Waals surface area contributed by atoms with Crippen LogP contribution in [-0.4, -0.2) is 67.0 Å². The van der Waals surface area contributed by atoms with Gasteiger partial charge in [-0.05, 0) is 56.7 Å². The molecule has 9 nitrogen and oxygen atoms in total. The molecule has 1 aromatic carbocycles. The highest BCUT2D eigenvalue weighted by Gasteiger charge is 2.47. The zero-order valence-electron chi connectivity index (χ0n) is 22.9. The molecule has 1 saturated heterocycles. The van der Waals surface area contributed by atoms with E-state index in [0.717, 1.165) is 11.1 Å². The molecule has 0 spiro atoms.